The first-order valence-corrected chi connectivity index (χ1v) is 10.1. The van der Waals surface area contributed by atoms with Crippen molar-refractivity contribution in [2.45, 2.75) is 50.3 Å². The molecule has 0 unspecified atom stereocenters. The first kappa shape index (κ1) is 16.1. The molecule has 0 spiro atoms. The minimum atomic E-state index is 0.929. The van der Waals surface area contributed by atoms with Gasteiger partial charge in [0, 0.05) is 5.75 Å². The average molecular weight is 332 g/mol. The lowest BCUT2D eigenvalue weighted by molar-refractivity contribution is 0.292. The van der Waals surface area contributed by atoms with Crippen LogP contribution in [0.5, 0.6) is 0 Å². The summed E-state index contributed by atoms with van der Waals surface area (Å²) in [4.78, 5) is 4.70. The van der Waals surface area contributed by atoms with Gasteiger partial charge in [-0.05, 0) is 50.2 Å². The molecule has 3 heteroatoms. The molecule has 0 radical (unpaired) electrons. The average Bonchev–Trinajstić information content (AvgIpc) is 2.95. The molecule has 3 rings (SSSR count). The maximum atomic E-state index is 4.70. The van der Waals surface area contributed by atoms with Crippen molar-refractivity contribution in [3.05, 3.63) is 35.9 Å². The molecule has 1 aromatic carbocycles. The Kier molecular flexibility index (Phi) is 5.59. The van der Waals surface area contributed by atoms with Gasteiger partial charge in [0.1, 0.15) is 0 Å². The highest BCUT2D eigenvalue weighted by atomic mass is 32.2. The first-order valence-electron chi connectivity index (χ1n) is 8.34. The van der Waals surface area contributed by atoms with E-state index in [1.54, 1.807) is 0 Å². The van der Waals surface area contributed by atoms with Crippen LogP contribution in [0.2, 0.25) is 0 Å². The number of thioether (sulfide) groups is 1. The lowest BCUT2D eigenvalue weighted by Gasteiger charge is -2.25. The van der Waals surface area contributed by atoms with Gasteiger partial charge in [-0.3, -0.25) is 0 Å². The standard InChI is InChI=1S/C19H25NS2/c1-14-7-10-16(11-8-14)12-9-15(2)13-21-19-20-17-5-3-4-6-18(17)22-19/h3-6,9,14,16H,7-8,10-13H2,1-2H3/b15-9+. The van der Waals surface area contributed by atoms with Gasteiger partial charge in [0.2, 0.25) is 0 Å². The Hall–Kier alpha value is -0.800. The number of allylic oxidation sites excluding steroid dienone is 1. The van der Waals surface area contributed by atoms with E-state index >= 15 is 0 Å². The molecule has 0 aliphatic heterocycles. The van der Waals surface area contributed by atoms with Crippen LogP contribution in [0.15, 0.2) is 40.3 Å². The second-order valence-electron chi connectivity index (χ2n) is 6.65. The third-order valence-corrected chi connectivity index (χ3v) is 7.01. The minimum Gasteiger partial charge on any atom is -0.230 e. The first-order chi connectivity index (χ1) is 10.7. The third kappa shape index (κ3) is 4.36. The van der Waals surface area contributed by atoms with E-state index in [0.717, 1.165) is 23.1 Å². The van der Waals surface area contributed by atoms with Crippen molar-refractivity contribution < 1.29 is 0 Å². The topological polar surface area (TPSA) is 12.9 Å². The molecule has 22 heavy (non-hydrogen) atoms. The van der Waals surface area contributed by atoms with Gasteiger partial charge in [-0.25, -0.2) is 4.98 Å². The summed E-state index contributed by atoms with van der Waals surface area (Å²) >= 11 is 3.69. The zero-order chi connectivity index (χ0) is 15.4. The van der Waals surface area contributed by atoms with E-state index in [4.69, 9.17) is 4.98 Å². The Morgan fingerprint density at radius 3 is 2.82 bits per heavy atom. The number of nitrogens with zero attached hydrogens (tertiary/aromatic N) is 1. The number of hydrogen-bond donors (Lipinski definition) is 0. The highest BCUT2D eigenvalue weighted by Gasteiger charge is 2.16. The Labute approximate surface area is 142 Å². The molecule has 1 heterocycles. The van der Waals surface area contributed by atoms with Crippen molar-refractivity contribution in [1.82, 2.24) is 4.98 Å². The van der Waals surface area contributed by atoms with Crippen molar-refractivity contribution in [2.24, 2.45) is 11.8 Å². The highest BCUT2D eigenvalue weighted by molar-refractivity contribution is 8.01. The number of fused-ring (bicyclic) bond motifs is 1. The van der Waals surface area contributed by atoms with Crippen LogP contribution in [0.25, 0.3) is 10.2 Å². The van der Waals surface area contributed by atoms with Gasteiger partial charge >= 0.3 is 0 Å². The van der Waals surface area contributed by atoms with Gasteiger partial charge in [0.05, 0.1) is 10.2 Å². The normalized spacial score (nSPS) is 23.1. The second-order valence-corrected chi connectivity index (χ2v) is 8.90. The van der Waals surface area contributed by atoms with E-state index < -0.39 is 0 Å². The van der Waals surface area contributed by atoms with E-state index in [1.165, 1.54) is 46.7 Å². The number of hydrogen-bond acceptors (Lipinski definition) is 3. The van der Waals surface area contributed by atoms with Crippen LogP contribution in [0, 0.1) is 11.8 Å². The predicted octanol–water partition coefficient (Wildman–Crippen LogP) is 6.55. The fourth-order valence-electron chi connectivity index (χ4n) is 3.08. The maximum absolute atomic E-state index is 4.70. The van der Waals surface area contributed by atoms with Gasteiger partial charge in [-0.2, -0.15) is 0 Å². The summed E-state index contributed by atoms with van der Waals surface area (Å²) in [5.41, 5.74) is 2.64. The molecule has 118 valence electrons. The van der Waals surface area contributed by atoms with E-state index in [-0.39, 0.29) is 0 Å². The van der Waals surface area contributed by atoms with Gasteiger partial charge in [0.15, 0.2) is 4.34 Å². The number of thiazole rings is 1. The Morgan fingerprint density at radius 2 is 2.05 bits per heavy atom. The Balaban J connectivity index is 1.49. The lowest BCUT2D eigenvalue weighted by Crippen LogP contribution is -2.11. The molecular formula is C19H25NS2. The van der Waals surface area contributed by atoms with E-state index in [1.807, 2.05) is 23.1 Å². The summed E-state index contributed by atoms with van der Waals surface area (Å²) in [5, 5.41) is 0. The van der Waals surface area contributed by atoms with E-state index in [9.17, 15) is 0 Å². The fraction of sp³-hybridized carbons (Fsp3) is 0.526. The summed E-state index contributed by atoms with van der Waals surface area (Å²) in [6, 6.07) is 8.41. The van der Waals surface area contributed by atoms with Crippen LogP contribution in [0.4, 0.5) is 0 Å². The molecule has 1 nitrogen and oxygen atoms in total. The molecule has 1 saturated carbocycles. The molecule has 0 N–H and O–H groups in total. The summed E-state index contributed by atoms with van der Waals surface area (Å²) in [6.07, 6.45) is 9.46. The van der Waals surface area contributed by atoms with E-state index in [0.29, 0.717) is 0 Å². The second kappa shape index (κ2) is 7.65. The van der Waals surface area contributed by atoms with Crippen molar-refractivity contribution in [3.8, 4) is 0 Å². The minimum absolute atomic E-state index is 0.929. The van der Waals surface area contributed by atoms with Crippen molar-refractivity contribution in [3.63, 3.8) is 0 Å². The van der Waals surface area contributed by atoms with Gasteiger partial charge < -0.3 is 0 Å². The van der Waals surface area contributed by atoms with Crippen LogP contribution >= 0.6 is 23.1 Å². The molecule has 1 aromatic heterocycles. The highest BCUT2D eigenvalue weighted by Crippen LogP contribution is 2.32. The molecule has 1 aliphatic rings. The van der Waals surface area contributed by atoms with Crippen LogP contribution in [-0.4, -0.2) is 10.7 Å². The number of para-hydroxylation sites is 1. The molecule has 0 saturated heterocycles. The van der Waals surface area contributed by atoms with Gasteiger partial charge in [-0.15, -0.1) is 11.3 Å². The van der Waals surface area contributed by atoms with Gasteiger partial charge in [0.25, 0.3) is 0 Å². The molecule has 2 aromatic rings. The number of benzene rings is 1. The number of rotatable bonds is 5. The zero-order valence-electron chi connectivity index (χ0n) is 13.5. The lowest BCUT2D eigenvalue weighted by atomic mass is 9.81. The van der Waals surface area contributed by atoms with Crippen LogP contribution in [0.3, 0.4) is 0 Å². The molecule has 0 bridgehead atoms. The molecule has 1 aliphatic carbocycles. The SMILES string of the molecule is C/C(=C\CC1CCC(C)CC1)CSc1nc2ccccc2s1. The Morgan fingerprint density at radius 1 is 1.27 bits per heavy atom. The molecule has 0 atom stereocenters. The largest absolute Gasteiger partial charge is 0.230 e. The van der Waals surface area contributed by atoms with E-state index in [2.05, 4.69) is 44.2 Å². The monoisotopic (exact) mass is 331 g/mol. The summed E-state index contributed by atoms with van der Waals surface area (Å²) in [5.74, 6) is 2.96. The Bertz CT molecular complexity index is 603. The summed E-state index contributed by atoms with van der Waals surface area (Å²) in [7, 11) is 0. The maximum Gasteiger partial charge on any atom is 0.151 e. The molecule has 0 amide bonds. The van der Waals surface area contributed by atoms with Crippen molar-refractivity contribution in [2.75, 3.05) is 5.75 Å². The van der Waals surface area contributed by atoms with Crippen molar-refractivity contribution >= 4 is 33.3 Å². The van der Waals surface area contributed by atoms with Crippen LogP contribution in [0.1, 0.15) is 46.0 Å². The van der Waals surface area contributed by atoms with Crippen molar-refractivity contribution in [1.29, 1.82) is 0 Å². The van der Waals surface area contributed by atoms with Crippen LogP contribution < -0.4 is 0 Å². The van der Waals surface area contributed by atoms with Crippen LogP contribution in [-0.2, 0) is 0 Å². The predicted molar refractivity (Wildman–Crippen MR) is 99.8 cm³/mol. The number of aromatic nitrogens is 1. The molecular weight excluding hydrogens is 306 g/mol. The smallest absolute Gasteiger partial charge is 0.151 e. The van der Waals surface area contributed by atoms with Gasteiger partial charge in [-0.1, -0.05) is 55.3 Å². The third-order valence-electron chi connectivity index (χ3n) is 4.63. The molecule has 1 fully saturated rings. The summed E-state index contributed by atoms with van der Waals surface area (Å²) in [6.45, 7) is 4.66. The zero-order valence-corrected chi connectivity index (χ0v) is 15.2. The fourth-order valence-corrected chi connectivity index (χ4v) is 5.09. The summed E-state index contributed by atoms with van der Waals surface area (Å²) < 4.78 is 2.49. The quantitative estimate of drug-likeness (QED) is 0.455.